The van der Waals surface area contributed by atoms with Gasteiger partial charge in [-0.3, -0.25) is 4.90 Å². The van der Waals surface area contributed by atoms with Gasteiger partial charge in [-0.1, -0.05) is 37.6 Å². The first-order chi connectivity index (χ1) is 13.1. The second kappa shape index (κ2) is 9.72. The van der Waals surface area contributed by atoms with Gasteiger partial charge in [0.2, 0.25) is 0 Å². The van der Waals surface area contributed by atoms with Gasteiger partial charge in [-0.25, -0.2) is 0 Å². The van der Waals surface area contributed by atoms with Crippen LogP contribution >= 0.6 is 12.2 Å². The third-order valence-corrected chi connectivity index (χ3v) is 5.36. The van der Waals surface area contributed by atoms with Gasteiger partial charge in [-0.15, -0.1) is 0 Å². The molecule has 0 amide bonds. The third kappa shape index (κ3) is 5.94. The number of anilines is 1. The average Bonchev–Trinajstić information content (AvgIpc) is 2.68. The van der Waals surface area contributed by atoms with Gasteiger partial charge >= 0.3 is 0 Å². The molecule has 0 atom stereocenters. The average molecular weight is 384 g/mol. The SMILES string of the molecule is CCCCc1ccc(NC(=S)N2CCN(Cc3cccc(O)c3)CC2)cc1. The Kier molecular flexibility index (Phi) is 7.07. The van der Waals surface area contributed by atoms with Gasteiger partial charge in [0.05, 0.1) is 0 Å². The van der Waals surface area contributed by atoms with Gasteiger partial charge in [-0.05, 0) is 60.5 Å². The molecule has 0 aromatic heterocycles. The van der Waals surface area contributed by atoms with E-state index >= 15 is 0 Å². The first-order valence-corrected chi connectivity index (χ1v) is 10.2. The molecule has 4 nitrogen and oxygen atoms in total. The molecule has 0 spiro atoms. The van der Waals surface area contributed by atoms with Crippen LogP contribution in [0.15, 0.2) is 48.5 Å². The summed E-state index contributed by atoms with van der Waals surface area (Å²) in [5.41, 5.74) is 3.59. The summed E-state index contributed by atoms with van der Waals surface area (Å²) in [6.45, 7) is 6.85. The molecule has 5 heteroatoms. The zero-order valence-corrected chi connectivity index (χ0v) is 16.8. The fourth-order valence-corrected chi connectivity index (χ4v) is 3.66. The summed E-state index contributed by atoms with van der Waals surface area (Å²) >= 11 is 5.61. The Hall–Kier alpha value is -2.11. The Bertz CT molecular complexity index is 739. The van der Waals surface area contributed by atoms with Crippen molar-refractivity contribution in [2.75, 3.05) is 31.5 Å². The van der Waals surface area contributed by atoms with Crippen molar-refractivity contribution in [2.24, 2.45) is 0 Å². The molecular weight excluding hydrogens is 354 g/mol. The largest absolute Gasteiger partial charge is 0.508 e. The Morgan fingerprint density at radius 2 is 1.78 bits per heavy atom. The zero-order valence-electron chi connectivity index (χ0n) is 16.0. The van der Waals surface area contributed by atoms with Crippen molar-refractivity contribution in [3.63, 3.8) is 0 Å². The van der Waals surface area contributed by atoms with E-state index in [2.05, 4.69) is 52.4 Å². The van der Waals surface area contributed by atoms with Gasteiger partial charge < -0.3 is 15.3 Å². The third-order valence-electron chi connectivity index (χ3n) is 5.00. The predicted molar refractivity (Wildman–Crippen MR) is 116 cm³/mol. The van der Waals surface area contributed by atoms with E-state index in [-0.39, 0.29) is 0 Å². The van der Waals surface area contributed by atoms with Crippen LogP contribution in [0.5, 0.6) is 5.75 Å². The number of rotatable bonds is 6. The minimum Gasteiger partial charge on any atom is -0.508 e. The van der Waals surface area contributed by atoms with Crippen LogP contribution in [0.2, 0.25) is 0 Å². The van der Waals surface area contributed by atoms with Crippen molar-refractivity contribution >= 4 is 23.0 Å². The number of aryl methyl sites for hydroxylation is 1. The Morgan fingerprint density at radius 3 is 2.44 bits per heavy atom. The van der Waals surface area contributed by atoms with Gasteiger partial charge in [0.15, 0.2) is 5.11 Å². The molecule has 1 saturated heterocycles. The Labute approximate surface area is 167 Å². The highest BCUT2D eigenvalue weighted by atomic mass is 32.1. The minimum absolute atomic E-state index is 0.331. The van der Waals surface area contributed by atoms with Crippen LogP contribution in [0.1, 0.15) is 30.9 Å². The lowest BCUT2D eigenvalue weighted by Gasteiger charge is -2.36. The summed E-state index contributed by atoms with van der Waals surface area (Å²) < 4.78 is 0. The standard InChI is InChI=1S/C22H29N3OS/c1-2-3-5-18-8-10-20(11-9-18)23-22(27)25-14-12-24(13-15-25)17-19-6-4-7-21(26)16-19/h4,6-11,16,26H,2-3,5,12-15,17H2,1H3,(H,23,27). The predicted octanol–water partition coefficient (Wildman–Crippen LogP) is 4.25. The van der Waals surface area contributed by atoms with Crippen LogP contribution in [-0.4, -0.2) is 46.2 Å². The van der Waals surface area contributed by atoms with Crippen molar-refractivity contribution in [2.45, 2.75) is 32.7 Å². The first-order valence-electron chi connectivity index (χ1n) is 9.79. The summed E-state index contributed by atoms with van der Waals surface area (Å²) in [6, 6.07) is 16.1. The molecule has 0 aliphatic carbocycles. The van der Waals surface area contributed by atoms with E-state index < -0.39 is 0 Å². The molecule has 144 valence electrons. The summed E-state index contributed by atoms with van der Waals surface area (Å²) in [4.78, 5) is 4.63. The van der Waals surface area contributed by atoms with Gasteiger partial charge in [0, 0.05) is 38.4 Å². The molecule has 2 aromatic rings. The van der Waals surface area contributed by atoms with E-state index in [1.165, 1.54) is 18.4 Å². The molecule has 0 radical (unpaired) electrons. The van der Waals surface area contributed by atoms with E-state index in [9.17, 15) is 5.11 Å². The molecule has 0 saturated carbocycles. The number of aromatic hydroxyl groups is 1. The highest BCUT2D eigenvalue weighted by Crippen LogP contribution is 2.16. The maximum atomic E-state index is 9.61. The number of unbranched alkanes of at least 4 members (excludes halogenated alkanes) is 1. The smallest absolute Gasteiger partial charge is 0.173 e. The minimum atomic E-state index is 0.331. The fraction of sp³-hybridized carbons (Fsp3) is 0.409. The lowest BCUT2D eigenvalue weighted by atomic mass is 10.1. The van der Waals surface area contributed by atoms with E-state index in [1.807, 2.05) is 12.1 Å². The van der Waals surface area contributed by atoms with Crippen LogP contribution in [0.4, 0.5) is 5.69 Å². The van der Waals surface area contributed by atoms with Crippen molar-refractivity contribution in [3.8, 4) is 5.75 Å². The Balaban J connectivity index is 1.45. The Morgan fingerprint density at radius 1 is 1.04 bits per heavy atom. The number of benzene rings is 2. The lowest BCUT2D eigenvalue weighted by Crippen LogP contribution is -2.49. The number of piperazine rings is 1. The summed E-state index contributed by atoms with van der Waals surface area (Å²) in [5.74, 6) is 0.331. The van der Waals surface area contributed by atoms with Gasteiger partial charge in [0.25, 0.3) is 0 Å². The van der Waals surface area contributed by atoms with Crippen LogP contribution in [0.3, 0.4) is 0 Å². The quantitative estimate of drug-likeness (QED) is 0.730. The molecular formula is C22H29N3OS. The van der Waals surface area contributed by atoms with Crippen molar-refractivity contribution in [1.82, 2.24) is 9.80 Å². The molecule has 27 heavy (non-hydrogen) atoms. The van der Waals surface area contributed by atoms with E-state index in [0.717, 1.165) is 55.5 Å². The van der Waals surface area contributed by atoms with Crippen LogP contribution in [-0.2, 0) is 13.0 Å². The van der Waals surface area contributed by atoms with Crippen molar-refractivity contribution in [1.29, 1.82) is 0 Å². The number of nitrogens with one attached hydrogen (secondary N) is 1. The number of hydrogen-bond acceptors (Lipinski definition) is 3. The molecule has 2 N–H and O–H groups in total. The molecule has 1 heterocycles. The van der Waals surface area contributed by atoms with E-state index in [1.54, 1.807) is 6.07 Å². The van der Waals surface area contributed by atoms with Gasteiger partial charge in [0.1, 0.15) is 5.75 Å². The normalized spacial score (nSPS) is 14.9. The molecule has 1 fully saturated rings. The number of hydrogen-bond donors (Lipinski definition) is 2. The maximum Gasteiger partial charge on any atom is 0.173 e. The number of thiocarbonyl (C=S) groups is 1. The molecule has 2 aromatic carbocycles. The van der Waals surface area contributed by atoms with Crippen molar-refractivity contribution in [3.05, 3.63) is 59.7 Å². The zero-order chi connectivity index (χ0) is 19.1. The molecule has 3 rings (SSSR count). The second-order valence-corrected chi connectivity index (χ2v) is 7.55. The van der Waals surface area contributed by atoms with Crippen LogP contribution < -0.4 is 5.32 Å². The summed E-state index contributed by atoms with van der Waals surface area (Å²) in [7, 11) is 0. The van der Waals surface area contributed by atoms with E-state index in [4.69, 9.17) is 12.2 Å². The van der Waals surface area contributed by atoms with Gasteiger partial charge in [-0.2, -0.15) is 0 Å². The fourth-order valence-electron chi connectivity index (χ4n) is 3.36. The summed E-state index contributed by atoms with van der Waals surface area (Å²) in [5, 5.41) is 13.8. The first kappa shape index (κ1) is 19.6. The summed E-state index contributed by atoms with van der Waals surface area (Å²) in [6.07, 6.45) is 3.60. The van der Waals surface area contributed by atoms with Crippen molar-refractivity contribution < 1.29 is 5.11 Å². The van der Waals surface area contributed by atoms with Crippen LogP contribution in [0, 0.1) is 0 Å². The monoisotopic (exact) mass is 383 g/mol. The lowest BCUT2D eigenvalue weighted by molar-refractivity contribution is 0.177. The highest BCUT2D eigenvalue weighted by molar-refractivity contribution is 7.80. The molecule has 0 unspecified atom stereocenters. The van der Waals surface area contributed by atoms with Crippen LogP contribution in [0.25, 0.3) is 0 Å². The highest BCUT2D eigenvalue weighted by Gasteiger charge is 2.19. The number of nitrogens with zero attached hydrogens (tertiary/aromatic N) is 2. The molecule has 0 bridgehead atoms. The maximum absolute atomic E-state index is 9.61. The number of phenols is 1. The van der Waals surface area contributed by atoms with E-state index in [0.29, 0.717) is 5.75 Å². The molecule has 1 aliphatic rings. The second-order valence-electron chi connectivity index (χ2n) is 7.16. The number of phenolic OH excluding ortho intramolecular Hbond substituents is 1. The molecule has 1 aliphatic heterocycles. The topological polar surface area (TPSA) is 38.7 Å².